The number of hydrogen-bond donors (Lipinski definition) is 2. The highest BCUT2D eigenvalue weighted by Gasteiger charge is 2.44. The molecule has 0 bridgehead atoms. The number of hydrogen-bond acceptors (Lipinski definition) is 7. The van der Waals surface area contributed by atoms with E-state index >= 15 is 0 Å². The van der Waals surface area contributed by atoms with Crippen LogP contribution < -0.4 is 5.32 Å². The molecule has 4 rings (SSSR count). The van der Waals surface area contributed by atoms with Gasteiger partial charge in [0.1, 0.15) is 18.2 Å². The van der Waals surface area contributed by atoms with Gasteiger partial charge in [0.05, 0.1) is 11.4 Å². The molecule has 2 N–H and O–H groups in total. The number of carboxylic acid groups (broad SMARTS) is 1. The maximum absolute atomic E-state index is 13.3. The van der Waals surface area contributed by atoms with Gasteiger partial charge < -0.3 is 25.0 Å². The number of aliphatic carboxylic acids is 1. The summed E-state index contributed by atoms with van der Waals surface area (Å²) in [5.41, 5.74) is -1.79. The summed E-state index contributed by atoms with van der Waals surface area (Å²) in [5.74, 6) is -2.06. The molecule has 0 saturated carbocycles. The molecular formula is C26H34Cl2N4O8S. The average Bonchev–Trinajstić information content (AvgIpc) is 3.57. The van der Waals surface area contributed by atoms with Crippen molar-refractivity contribution in [3.63, 3.8) is 0 Å². The van der Waals surface area contributed by atoms with Gasteiger partial charge in [-0.15, -0.1) is 0 Å². The normalized spacial score (nSPS) is 21.9. The third-order valence-electron chi connectivity index (χ3n) is 7.95. The Kier molecular flexibility index (Phi) is 9.72. The molecule has 226 valence electrons. The summed E-state index contributed by atoms with van der Waals surface area (Å²) in [6.07, 6.45) is 1.44. The highest BCUT2D eigenvalue weighted by atomic mass is 35.5. The molecule has 0 radical (unpaired) electrons. The number of carbonyl (C=O) groups excluding carboxylic acids is 3. The molecule has 0 aliphatic carbocycles. The molecule has 41 heavy (non-hydrogen) atoms. The average molecular weight is 634 g/mol. The molecule has 0 aromatic heterocycles. The Hall–Kier alpha value is -2.61. The maximum atomic E-state index is 13.3. The van der Waals surface area contributed by atoms with Crippen molar-refractivity contribution in [3.8, 4) is 0 Å². The summed E-state index contributed by atoms with van der Waals surface area (Å²) in [4.78, 5) is 53.3. The second kappa shape index (κ2) is 12.7. The third kappa shape index (κ3) is 7.25. The number of likely N-dealkylation sites (tertiary alicyclic amines) is 1. The van der Waals surface area contributed by atoms with Crippen molar-refractivity contribution in [3.05, 3.63) is 28.2 Å². The molecule has 3 fully saturated rings. The van der Waals surface area contributed by atoms with E-state index in [-0.39, 0.29) is 58.7 Å². The Morgan fingerprint density at radius 3 is 2.32 bits per heavy atom. The predicted molar refractivity (Wildman–Crippen MR) is 149 cm³/mol. The van der Waals surface area contributed by atoms with Crippen LogP contribution in [-0.2, 0) is 29.1 Å². The van der Waals surface area contributed by atoms with E-state index in [0.29, 0.717) is 52.0 Å². The summed E-state index contributed by atoms with van der Waals surface area (Å²) in [5, 5.41) is 12.7. The molecule has 1 aromatic rings. The first kappa shape index (κ1) is 31.3. The van der Waals surface area contributed by atoms with Crippen LogP contribution in [-0.4, -0.2) is 102 Å². The molecule has 2 atom stereocenters. The molecule has 15 heteroatoms. The highest BCUT2D eigenvalue weighted by molar-refractivity contribution is 7.89. The number of benzene rings is 1. The molecule has 3 amide bonds. The molecule has 0 spiro atoms. The zero-order valence-electron chi connectivity index (χ0n) is 22.7. The van der Waals surface area contributed by atoms with Crippen LogP contribution in [0.25, 0.3) is 0 Å². The summed E-state index contributed by atoms with van der Waals surface area (Å²) >= 11 is 12.0. The first-order chi connectivity index (χ1) is 19.3. The first-order valence-electron chi connectivity index (χ1n) is 13.5. The lowest BCUT2D eigenvalue weighted by molar-refractivity contribution is -0.148. The fraction of sp³-hybridized carbons (Fsp3) is 0.615. The quantitative estimate of drug-likeness (QED) is 0.399. The van der Waals surface area contributed by atoms with Crippen molar-refractivity contribution in [2.75, 3.05) is 39.3 Å². The highest BCUT2D eigenvalue weighted by Crippen LogP contribution is 2.30. The van der Waals surface area contributed by atoms with E-state index in [4.69, 9.17) is 27.9 Å². The van der Waals surface area contributed by atoms with Crippen LogP contribution in [0, 0.1) is 5.92 Å². The van der Waals surface area contributed by atoms with Crippen LogP contribution in [0.3, 0.4) is 0 Å². The summed E-state index contributed by atoms with van der Waals surface area (Å²) in [6, 6.07) is 2.75. The van der Waals surface area contributed by atoms with E-state index in [1.54, 1.807) is 9.80 Å². The zero-order valence-corrected chi connectivity index (χ0v) is 25.0. The smallest absolute Gasteiger partial charge is 0.409 e. The first-order valence-corrected chi connectivity index (χ1v) is 15.7. The summed E-state index contributed by atoms with van der Waals surface area (Å²) < 4.78 is 32.6. The van der Waals surface area contributed by atoms with Gasteiger partial charge in [-0.2, -0.15) is 4.31 Å². The van der Waals surface area contributed by atoms with E-state index in [1.807, 2.05) is 0 Å². The molecule has 3 aliphatic heterocycles. The van der Waals surface area contributed by atoms with E-state index < -0.39 is 33.5 Å². The van der Waals surface area contributed by atoms with Crippen LogP contribution in [0.2, 0.25) is 10.0 Å². The molecule has 0 unspecified atom stereocenters. The van der Waals surface area contributed by atoms with E-state index in [1.165, 1.54) is 25.1 Å². The number of sulfonamides is 1. The number of ether oxygens (including phenoxy) is 1. The lowest BCUT2D eigenvalue weighted by atomic mass is 9.93. The van der Waals surface area contributed by atoms with Crippen molar-refractivity contribution in [2.24, 2.45) is 5.92 Å². The van der Waals surface area contributed by atoms with Gasteiger partial charge >= 0.3 is 12.1 Å². The minimum absolute atomic E-state index is 0.0712. The van der Waals surface area contributed by atoms with Gasteiger partial charge in [0.2, 0.25) is 21.8 Å². The lowest BCUT2D eigenvalue weighted by Gasteiger charge is -2.34. The minimum atomic E-state index is -4.14. The molecule has 3 saturated heterocycles. The third-order valence-corrected chi connectivity index (χ3v) is 10.3. The van der Waals surface area contributed by atoms with Crippen LogP contribution in [0.4, 0.5) is 4.79 Å². The molecule has 3 heterocycles. The molecular weight excluding hydrogens is 599 g/mol. The van der Waals surface area contributed by atoms with Gasteiger partial charge in [-0.3, -0.25) is 9.59 Å². The predicted octanol–water partition coefficient (Wildman–Crippen LogP) is 2.58. The fourth-order valence-corrected chi connectivity index (χ4v) is 7.85. The van der Waals surface area contributed by atoms with Crippen molar-refractivity contribution in [2.45, 2.75) is 61.9 Å². The number of nitrogens with zero attached hydrogens (tertiary/aromatic N) is 3. The number of cyclic esters (lactones) is 1. The standard InChI is InChI=1S/C26H34Cl2N4O8S/c1-26(24(35)36,7-4-22(33)30-9-5-17(6-10-30)16-31-11-12-40-25(31)37)29-23(34)21-3-2-8-32(21)41(38,39)20-14-18(27)13-19(28)15-20/h13-15,17,21H,2-12,16H2,1H3,(H,29,34)(H,35,36)/t21-,26-/m0/s1. The number of halogens is 2. The Morgan fingerprint density at radius 1 is 1.07 bits per heavy atom. The minimum Gasteiger partial charge on any atom is -0.480 e. The Morgan fingerprint density at radius 2 is 1.73 bits per heavy atom. The summed E-state index contributed by atoms with van der Waals surface area (Å²) in [6.45, 7) is 3.91. The van der Waals surface area contributed by atoms with Gasteiger partial charge in [0, 0.05) is 42.6 Å². The maximum Gasteiger partial charge on any atom is 0.409 e. The van der Waals surface area contributed by atoms with Crippen LogP contribution in [0.1, 0.15) is 45.4 Å². The lowest BCUT2D eigenvalue weighted by Crippen LogP contribution is -2.57. The largest absolute Gasteiger partial charge is 0.480 e. The van der Waals surface area contributed by atoms with Crippen molar-refractivity contribution in [1.82, 2.24) is 19.4 Å². The number of rotatable bonds is 10. The van der Waals surface area contributed by atoms with Gasteiger partial charge in [-0.05, 0) is 63.1 Å². The second-order valence-corrected chi connectivity index (χ2v) is 13.7. The fourth-order valence-electron chi connectivity index (χ4n) is 5.46. The van der Waals surface area contributed by atoms with Crippen molar-refractivity contribution < 1.29 is 37.4 Å². The Bertz CT molecular complexity index is 1280. The Balaban J connectivity index is 1.34. The van der Waals surface area contributed by atoms with Crippen LogP contribution >= 0.6 is 23.2 Å². The SMILES string of the molecule is C[C@@](CCC(=O)N1CCC(CN2CCOC2=O)CC1)(NC(=O)[C@@H]1CCCN1S(=O)(=O)c1cc(Cl)cc(Cl)c1)C(=O)O. The van der Waals surface area contributed by atoms with Gasteiger partial charge in [-0.1, -0.05) is 23.2 Å². The molecule has 3 aliphatic rings. The van der Waals surface area contributed by atoms with E-state index in [9.17, 15) is 32.7 Å². The number of piperidine rings is 1. The topological polar surface area (TPSA) is 154 Å². The van der Waals surface area contributed by atoms with E-state index in [0.717, 1.165) is 4.31 Å². The van der Waals surface area contributed by atoms with Gasteiger partial charge in [0.25, 0.3) is 0 Å². The van der Waals surface area contributed by atoms with Crippen molar-refractivity contribution >= 4 is 57.1 Å². The van der Waals surface area contributed by atoms with Crippen LogP contribution in [0.15, 0.2) is 23.1 Å². The second-order valence-electron chi connectivity index (χ2n) is 10.9. The number of carboxylic acids is 1. The zero-order chi connectivity index (χ0) is 29.9. The van der Waals surface area contributed by atoms with Gasteiger partial charge in [0.15, 0.2) is 0 Å². The molecule has 1 aromatic carbocycles. The molecule has 12 nitrogen and oxygen atoms in total. The Labute approximate surface area is 248 Å². The monoisotopic (exact) mass is 632 g/mol. The number of amides is 3. The number of nitrogens with one attached hydrogen (secondary N) is 1. The van der Waals surface area contributed by atoms with E-state index in [2.05, 4.69) is 5.32 Å². The van der Waals surface area contributed by atoms with Gasteiger partial charge in [-0.25, -0.2) is 18.0 Å². The number of carbonyl (C=O) groups is 4. The summed E-state index contributed by atoms with van der Waals surface area (Å²) in [7, 11) is -4.14. The van der Waals surface area contributed by atoms with Crippen LogP contribution in [0.5, 0.6) is 0 Å². The van der Waals surface area contributed by atoms with Crippen molar-refractivity contribution in [1.29, 1.82) is 0 Å².